The monoisotopic (exact) mass is 298 g/mol. The zero-order valence-corrected chi connectivity index (χ0v) is 13.5. The predicted octanol–water partition coefficient (Wildman–Crippen LogP) is 3.79. The van der Waals surface area contributed by atoms with E-state index in [1.165, 1.54) is 0 Å². The summed E-state index contributed by atoms with van der Waals surface area (Å²) in [4.78, 5) is 0.225. The van der Waals surface area contributed by atoms with E-state index in [0.29, 0.717) is 16.9 Å². The van der Waals surface area contributed by atoms with Crippen molar-refractivity contribution in [3.8, 4) is 5.75 Å². The van der Waals surface area contributed by atoms with Crippen LogP contribution in [0.4, 0.5) is 0 Å². The topological polar surface area (TPSA) is 52.6 Å². The molecule has 0 bridgehead atoms. The van der Waals surface area contributed by atoms with Crippen LogP contribution in [0.25, 0.3) is 0 Å². The van der Waals surface area contributed by atoms with Crippen molar-refractivity contribution < 1.29 is 17.3 Å². The third kappa shape index (κ3) is 3.33. The van der Waals surface area contributed by atoms with Crippen LogP contribution in [0.2, 0.25) is 0 Å². The molecule has 0 amide bonds. The Balaban J connectivity index is 3.73. The molecular formula is C15H22O4S. The minimum atomic E-state index is -3.86. The van der Waals surface area contributed by atoms with Gasteiger partial charge in [-0.25, -0.2) is 0 Å². The lowest BCUT2D eigenvalue weighted by Crippen LogP contribution is -2.12. The van der Waals surface area contributed by atoms with Crippen molar-refractivity contribution in [1.29, 1.82) is 0 Å². The van der Waals surface area contributed by atoms with Crippen LogP contribution in [-0.2, 0) is 14.3 Å². The Kier molecular flexibility index (Phi) is 5.22. The quantitative estimate of drug-likeness (QED) is 0.592. The average Bonchev–Trinajstić information content (AvgIpc) is 2.36. The average molecular weight is 298 g/mol. The van der Waals surface area contributed by atoms with E-state index in [4.69, 9.17) is 8.92 Å². The Morgan fingerprint density at radius 2 is 1.55 bits per heavy atom. The van der Waals surface area contributed by atoms with Crippen LogP contribution in [0.3, 0.4) is 0 Å². The van der Waals surface area contributed by atoms with Crippen molar-refractivity contribution in [3.63, 3.8) is 0 Å². The smallest absolute Gasteiger partial charge is 0.339 e. The van der Waals surface area contributed by atoms with Crippen LogP contribution in [0.5, 0.6) is 5.75 Å². The fourth-order valence-corrected chi connectivity index (χ4v) is 3.49. The first-order valence-corrected chi connectivity index (χ1v) is 7.91. The van der Waals surface area contributed by atoms with Crippen molar-refractivity contribution in [1.82, 2.24) is 0 Å². The lowest BCUT2D eigenvalue weighted by molar-refractivity contribution is 0.411. The van der Waals surface area contributed by atoms with E-state index in [-0.39, 0.29) is 16.7 Å². The van der Waals surface area contributed by atoms with Gasteiger partial charge < -0.3 is 8.92 Å². The molecule has 0 atom stereocenters. The summed E-state index contributed by atoms with van der Waals surface area (Å²) >= 11 is 0. The summed E-state index contributed by atoms with van der Waals surface area (Å²) in [5.74, 6) is 0.705. The van der Waals surface area contributed by atoms with Crippen LogP contribution < -0.4 is 4.74 Å². The number of hydrogen-bond acceptors (Lipinski definition) is 4. The van der Waals surface area contributed by atoms with Crippen LogP contribution in [0.15, 0.2) is 29.9 Å². The highest BCUT2D eigenvalue weighted by molar-refractivity contribution is 7.87. The van der Waals surface area contributed by atoms with Gasteiger partial charge in [0.1, 0.15) is 10.6 Å². The second-order valence-electron chi connectivity index (χ2n) is 5.16. The van der Waals surface area contributed by atoms with Gasteiger partial charge in [-0.15, -0.1) is 0 Å². The van der Waals surface area contributed by atoms with Gasteiger partial charge in [-0.2, -0.15) is 8.42 Å². The second-order valence-corrected chi connectivity index (χ2v) is 6.67. The van der Waals surface area contributed by atoms with Crippen LogP contribution in [-0.4, -0.2) is 15.5 Å². The van der Waals surface area contributed by atoms with E-state index in [0.717, 1.165) is 6.26 Å². The van der Waals surface area contributed by atoms with Crippen molar-refractivity contribution in [3.05, 3.63) is 36.1 Å². The fourth-order valence-electron chi connectivity index (χ4n) is 2.05. The number of rotatable bonds is 6. The maximum absolute atomic E-state index is 12.3. The van der Waals surface area contributed by atoms with E-state index < -0.39 is 10.1 Å². The van der Waals surface area contributed by atoms with Gasteiger partial charge in [-0.1, -0.05) is 34.3 Å². The lowest BCUT2D eigenvalue weighted by Gasteiger charge is -2.20. The number of benzene rings is 1. The van der Waals surface area contributed by atoms with Gasteiger partial charge in [0.15, 0.2) is 0 Å². The Bertz CT molecular complexity index is 557. The summed E-state index contributed by atoms with van der Waals surface area (Å²) in [5, 5.41) is 0. The third-order valence-corrected chi connectivity index (χ3v) is 4.41. The minimum absolute atomic E-state index is 0.0285. The molecule has 0 aliphatic heterocycles. The van der Waals surface area contributed by atoms with Gasteiger partial charge >= 0.3 is 10.1 Å². The molecule has 0 aromatic heterocycles. The highest BCUT2D eigenvalue weighted by Crippen LogP contribution is 2.36. The van der Waals surface area contributed by atoms with Gasteiger partial charge in [0.25, 0.3) is 0 Å². The molecular weight excluding hydrogens is 276 g/mol. The maximum Gasteiger partial charge on any atom is 0.339 e. The molecule has 0 radical (unpaired) electrons. The molecule has 0 saturated heterocycles. The van der Waals surface area contributed by atoms with E-state index >= 15 is 0 Å². The van der Waals surface area contributed by atoms with Crippen molar-refractivity contribution in [2.24, 2.45) is 0 Å². The first-order valence-electron chi connectivity index (χ1n) is 6.50. The molecule has 0 aliphatic rings. The maximum atomic E-state index is 12.3. The summed E-state index contributed by atoms with van der Waals surface area (Å²) in [5.41, 5.74) is 1.38. The Hall–Kier alpha value is -1.49. The number of ether oxygens (including phenoxy) is 1. The summed E-state index contributed by atoms with van der Waals surface area (Å²) in [6.07, 6.45) is 0.938. The summed E-state index contributed by atoms with van der Waals surface area (Å²) in [7, 11) is -2.29. The molecule has 0 N–H and O–H groups in total. The molecule has 0 heterocycles. The molecule has 112 valence electrons. The molecule has 4 nitrogen and oxygen atoms in total. The number of methoxy groups -OCH3 is 1. The van der Waals surface area contributed by atoms with Gasteiger partial charge in [0.05, 0.1) is 13.4 Å². The molecule has 0 aliphatic carbocycles. The first kappa shape index (κ1) is 16.6. The molecule has 1 rings (SSSR count). The Morgan fingerprint density at radius 1 is 1.10 bits per heavy atom. The molecule has 0 spiro atoms. The van der Waals surface area contributed by atoms with Gasteiger partial charge in [0.2, 0.25) is 0 Å². The largest absolute Gasteiger partial charge is 0.497 e. The molecule has 0 fully saturated rings. The van der Waals surface area contributed by atoms with E-state index in [1.807, 2.05) is 27.7 Å². The summed E-state index contributed by atoms with van der Waals surface area (Å²) in [6, 6.07) is 3.49. The number of hydrogen-bond donors (Lipinski definition) is 0. The Labute approximate surface area is 121 Å². The fraction of sp³-hybridized carbons (Fsp3) is 0.467. The highest BCUT2D eigenvalue weighted by atomic mass is 32.2. The molecule has 20 heavy (non-hydrogen) atoms. The summed E-state index contributed by atoms with van der Waals surface area (Å²) in [6.45, 7) is 11.1. The van der Waals surface area contributed by atoms with Crippen LogP contribution >= 0.6 is 0 Å². The normalized spacial score (nSPS) is 11.8. The molecule has 1 aromatic rings. The van der Waals surface area contributed by atoms with E-state index in [1.54, 1.807) is 19.2 Å². The standard InChI is InChI=1S/C15H22O4S/c1-7-19-20(16,17)15-13(10(2)3)8-12(18-6)9-14(15)11(4)5/h7-11H,1H2,2-6H3. The van der Waals surface area contributed by atoms with Crippen LogP contribution in [0.1, 0.15) is 50.7 Å². The van der Waals surface area contributed by atoms with E-state index in [9.17, 15) is 8.42 Å². The predicted molar refractivity (Wildman–Crippen MR) is 79.6 cm³/mol. The minimum Gasteiger partial charge on any atom is -0.497 e. The van der Waals surface area contributed by atoms with Crippen molar-refractivity contribution in [2.75, 3.05) is 7.11 Å². The molecule has 1 aromatic carbocycles. The van der Waals surface area contributed by atoms with Crippen molar-refractivity contribution in [2.45, 2.75) is 44.4 Å². The molecule has 5 heteroatoms. The van der Waals surface area contributed by atoms with Crippen LogP contribution in [0, 0.1) is 0 Å². The van der Waals surface area contributed by atoms with Crippen molar-refractivity contribution >= 4 is 10.1 Å². The van der Waals surface area contributed by atoms with Gasteiger partial charge in [-0.05, 0) is 35.1 Å². The lowest BCUT2D eigenvalue weighted by atomic mass is 9.95. The summed E-state index contributed by atoms with van der Waals surface area (Å²) < 4.78 is 34.7. The molecule has 0 unspecified atom stereocenters. The molecule has 0 saturated carbocycles. The SMILES string of the molecule is C=COS(=O)(=O)c1c(C(C)C)cc(OC)cc1C(C)C. The zero-order chi connectivity index (χ0) is 15.5. The highest BCUT2D eigenvalue weighted by Gasteiger charge is 2.27. The van der Waals surface area contributed by atoms with E-state index in [2.05, 4.69) is 6.58 Å². The Morgan fingerprint density at radius 3 is 1.85 bits per heavy atom. The second kappa shape index (κ2) is 6.31. The van der Waals surface area contributed by atoms with Gasteiger partial charge in [0, 0.05) is 0 Å². The first-order chi connectivity index (χ1) is 9.24. The zero-order valence-electron chi connectivity index (χ0n) is 12.6. The third-order valence-electron chi connectivity index (χ3n) is 3.04. The van der Waals surface area contributed by atoms with Gasteiger partial charge in [-0.3, -0.25) is 0 Å².